The fourth-order valence-corrected chi connectivity index (χ4v) is 9.38. The van der Waals surface area contributed by atoms with Crippen LogP contribution in [0.2, 0.25) is 0 Å². The monoisotopic (exact) mass is 637 g/mol. The van der Waals surface area contributed by atoms with Crippen LogP contribution in [0.1, 0.15) is 55.8 Å². The molecule has 14 nitrogen and oxygen atoms in total. The maximum atomic E-state index is 13.0. The standard InChI is InChI=1S/C24H35N3O11S3/c1-13-7-8-17(20(9-13)41(34,35)36)26-27-22-19(39-38-37-30)11-15-10-16(40(31,32)33)12-18(21(15)23(22)28)25-24(29)14-5-3-2-4-6-14/h2-6,13,15-23,28,30H,7-12H2,1H3,(H,25,29)(H,31,32,33)(H,34,35,36). The van der Waals surface area contributed by atoms with Gasteiger partial charge in [-0.3, -0.25) is 13.9 Å². The van der Waals surface area contributed by atoms with Gasteiger partial charge in [-0.05, 0) is 62.5 Å². The van der Waals surface area contributed by atoms with Gasteiger partial charge in [-0.15, -0.1) is 4.33 Å². The molecule has 10 atom stereocenters. The van der Waals surface area contributed by atoms with E-state index < -0.39 is 78.0 Å². The number of rotatable bonds is 9. The molecule has 0 aromatic heterocycles. The average molecular weight is 638 g/mol. The smallest absolute Gasteiger partial charge is 0.269 e. The lowest BCUT2D eigenvalue weighted by Crippen LogP contribution is -2.60. The second-order valence-electron chi connectivity index (χ2n) is 11.2. The van der Waals surface area contributed by atoms with Crippen LogP contribution in [-0.4, -0.2) is 82.2 Å². The molecule has 0 heterocycles. The molecule has 3 fully saturated rings. The van der Waals surface area contributed by atoms with Crippen molar-refractivity contribution in [2.45, 2.75) is 85.4 Å². The van der Waals surface area contributed by atoms with Crippen molar-refractivity contribution in [3.8, 4) is 0 Å². The molecule has 1 amide bonds. The van der Waals surface area contributed by atoms with Crippen LogP contribution in [0.5, 0.6) is 0 Å². The highest BCUT2D eigenvalue weighted by Gasteiger charge is 2.53. The molecule has 1 aromatic rings. The number of azo groups is 1. The van der Waals surface area contributed by atoms with Crippen molar-refractivity contribution in [1.29, 1.82) is 0 Å². The van der Waals surface area contributed by atoms with Gasteiger partial charge in [0.1, 0.15) is 11.3 Å². The van der Waals surface area contributed by atoms with Crippen LogP contribution in [0.15, 0.2) is 40.6 Å². The normalized spacial score (nSPS) is 36.5. The molecule has 10 unspecified atom stereocenters. The highest BCUT2D eigenvalue weighted by Crippen LogP contribution is 2.47. The molecular formula is C24H35N3O11S3. The average Bonchev–Trinajstić information content (AvgIpc) is 2.91. The van der Waals surface area contributed by atoms with Gasteiger partial charge in [0.15, 0.2) is 0 Å². The number of aliphatic hydroxyl groups excluding tert-OH is 1. The molecule has 17 heteroatoms. The first-order chi connectivity index (χ1) is 19.3. The number of amides is 1. The number of benzene rings is 1. The van der Waals surface area contributed by atoms with E-state index in [-0.39, 0.29) is 31.6 Å². The zero-order valence-electron chi connectivity index (χ0n) is 22.2. The first-order valence-electron chi connectivity index (χ1n) is 13.3. The Morgan fingerprint density at radius 1 is 1.00 bits per heavy atom. The van der Waals surface area contributed by atoms with Crippen LogP contribution in [0.4, 0.5) is 0 Å². The Balaban J connectivity index is 1.64. The molecule has 0 bridgehead atoms. The summed E-state index contributed by atoms with van der Waals surface area (Å²) >= 11 is 0.626. The zero-order valence-corrected chi connectivity index (χ0v) is 24.6. The summed E-state index contributed by atoms with van der Waals surface area (Å²) in [7, 11) is -8.90. The minimum Gasteiger partial charge on any atom is -0.390 e. The van der Waals surface area contributed by atoms with Crippen molar-refractivity contribution in [2.75, 3.05) is 0 Å². The molecule has 5 N–H and O–H groups in total. The minimum absolute atomic E-state index is 0.00941. The molecule has 3 saturated carbocycles. The van der Waals surface area contributed by atoms with Gasteiger partial charge in [0.05, 0.1) is 22.6 Å². The lowest BCUT2D eigenvalue weighted by atomic mass is 9.65. The maximum Gasteiger partial charge on any atom is 0.269 e. The number of nitrogens with zero attached hydrogens (tertiary/aromatic N) is 2. The van der Waals surface area contributed by atoms with Gasteiger partial charge >= 0.3 is 0 Å². The van der Waals surface area contributed by atoms with Gasteiger partial charge < -0.3 is 10.4 Å². The van der Waals surface area contributed by atoms with Crippen LogP contribution in [0, 0.1) is 17.8 Å². The van der Waals surface area contributed by atoms with Crippen molar-refractivity contribution in [2.24, 2.45) is 28.0 Å². The Kier molecular flexibility index (Phi) is 10.5. The van der Waals surface area contributed by atoms with E-state index in [4.69, 9.17) is 5.26 Å². The highest BCUT2D eigenvalue weighted by molar-refractivity contribution is 7.95. The van der Waals surface area contributed by atoms with Crippen LogP contribution in [-0.2, 0) is 29.6 Å². The second kappa shape index (κ2) is 13.3. The van der Waals surface area contributed by atoms with Crippen molar-refractivity contribution < 1.29 is 50.5 Å². The predicted octanol–water partition coefficient (Wildman–Crippen LogP) is 2.54. The number of hydrogen-bond acceptors (Lipinski definition) is 12. The van der Waals surface area contributed by atoms with Crippen LogP contribution < -0.4 is 5.32 Å². The number of hydrogen-bond donors (Lipinski definition) is 5. The summed E-state index contributed by atoms with van der Waals surface area (Å²) in [6.07, 6.45) is -0.0879. The van der Waals surface area contributed by atoms with Crippen molar-refractivity contribution in [3.63, 3.8) is 0 Å². The SMILES string of the molecule is CC1CCC(N=NC2C(SOOO)CC3CC(S(=O)(=O)O)CC(NC(=O)c4ccccc4)C3C2O)C(S(=O)(=O)O)C1. The van der Waals surface area contributed by atoms with E-state index in [1.165, 1.54) is 0 Å². The number of carbonyl (C=O) groups is 1. The number of fused-ring (bicyclic) bond motifs is 1. The molecule has 230 valence electrons. The maximum absolute atomic E-state index is 13.0. The molecular weight excluding hydrogens is 602 g/mol. The molecule has 4 rings (SSSR count). The van der Waals surface area contributed by atoms with Crippen molar-refractivity contribution in [1.82, 2.24) is 5.32 Å². The summed E-state index contributed by atoms with van der Waals surface area (Å²) in [6, 6.07) is 5.48. The third-order valence-electron chi connectivity index (χ3n) is 8.47. The third kappa shape index (κ3) is 7.83. The Labute approximate surface area is 242 Å². The summed E-state index contributed by atoms with van der Waals surface area (Å²) < 4.78 is 72.7. The molecule has 0 saturated heterocycles. The van der Waals surface area contributed by atoms with Crippen LogP contribution in [0.3, 0.4) is 0 Å². The third-order valence-corrected chi connectivity index (χ3v) is 11.8. The summed E-state index contributed by atoms with van der Waals surface area (Å²) in [6.45, 7) is 1.88. The topological polar surface area (TPSA) is 221 Å². The fraction of sp³-hybridized carbons (Fsp3) is 0.708. The molecule has 3 aliphatic rings. The Bertz CT molecular complexity index is 1300. The molecule has 3 aliphatic carbocycles. The Morgan fingerprint density at radius 3 is 2.34 bits per heavy atom. The van der Waals surface area contributed by atoms with Gasteiger partial charge in [-0.1, -0.05) is 30.2 Å². The molecule has 0 radical (unpaired) electrons. The van der Waals surface area contributed by atoms with Gasteiger partial charge in [0.2, 0.25) is 0 Å². The van der Waals surface area contributed by atoms with Gasteiger partial charge in [-0.2, -0.15) is 27.1 Å². The van der Waals surface area contributed by atoms with Gasteiger partial charge in [0, 0.05) is 29.6 Å². The molecule has 41 heavy (non-hydrogen) atoms. The van der Waals surface area contributed by atoms with Crippen LogP contribution in [0.25, 0.3) is 0 Å². The Hall–Kier alpha value is -1.70. The van der Waals surface area contributed by atoms with Crippen molar-refractivity contribution in [3.05, 3.63) is 35.9 Å². The number of aliphatic hydroxyl groups is 1. The van der Waals surface area contributed by atoms with Gasteiger partial charge in [0.25, 0.3) is 26.1 Å². The van der Waals surface area contributed by atoms with E-state index in [2.05, 4.69) is 24.9 Å². The quantitative estimate of drug-likeness (QED) is 0.0867. The fourth-order valence-electron chi connectivity index (χ4n) is 6.49. The summed E-state index contributed by atoms with van der Waals surface area (Å²) in [4.78, 5) is 13.0. The lowest BCUT2D eigenvalue weighted by molar-refractivity contribution is -0.432. The number of carbonyl (C=O) groups excluding carboxylic acids is 1. The predicted molar refractivity (Wildman–Crippen MR) is 147 cm³/mol. The molecule has 0 aliphatic heterocycles. The molecule has 1 aromatic carbocycles. The summed E-state index contributed by atoms with van der Waals surface area (Å²) in [5.74, 6) is -1.67. The zero-order chi connectivity index (χ0) is 29.9. The minimum atomic E-state index is -4.48. The van der Waals surface area contributed by atoms with E-state index in [0.717, 1.165) is 0 Å². The van der Waals surface area contributed by atoms with E-state index in [0.29, 0.717) is 30.4 Å². The highest BCUT2D eigenvalue weighted by atomic mass is 32.2. The van der Waals surface area contributed by atoms with Gasteiger partial charge in [-0.25, -0.2) is 5.26 Å². The van der Waals surface area contributed by atoms with E-state index >= 15 is 0 Å². The largest absolute Gasteiger partial charge is 0.390 e. The Morgan fingerprint density at radius 2 is 1.71 bits per heavy atom. The molecule has 0 spiro atoms. The van der Waals surface area contributed by atoms with E-state index in [9.17, 15) is 35.8 Å². The summed E-state index contributed by atoms with van der Waals surface area (Å²) in [5, 5.41) is 32.4. The van der Waals surface area contributed by atoms with Crippen LogP contribution >= 0.6 is 12.0 Å². The summed E-state index contributed by atoms with van der Waals surface area (Å²) in [5.41, 5.74) is 0.323. The van der Waals surface area contributed by atoms with E-state index in [1.807, 2.05) is 6.92 Å². The van der Waals surface area contributed by atoms with E-state index in [1.54, 1.807) is 30.3 Å². The first kappa shape index (κ1) is 32.2. The van der Waals surface area contributed by atoms with Crippen molar-refractivity contribution >= 4 is 38.2 Å². The number of nitrogens with one attached hydrogen (secondary N) is 1. The first-order valence-corrected chi connectivity index (χ1v) is 17.1. The second-order valence-corrected chi connectivity index (χ2v) is 15.4. The lowest BCUT2D eigenvalue weighted by Gasteiger charge is -2.49.